The summed E-state index contributed by atoms with van der Waals surface area (Å²) in [6, 6.07) is 5.67. The van der Waals surface area contributed by atoms with Gasteiger partial charge in [0.25, 0.3) is 0 Å². The van der Waals surface area contributed by atoms with Crippen LogP contribution >= 0.6 is 35.0 Å². The third-order valence-electron chi connectivity index (χ3n) is 3.08. The summed E-state index contributed by atoms with van der Waals surface area (Å²) >= 11 is 13.9. The summed E-state index contributed by atoms with van der Waals surface area (Å²) in [7, 11) is 0. The van der Waals surface area contributed by atoms with Gasteiger partial charge in [0.05, 0.1) is 6.10 Å². The van der Waals surface area contributed by atoms with E-state index in [2.05, 4.69) is 5.32 Å². The largest absolute Gasteiger partial charge is 0.387 e. The first-order valence-electron chi connectivity index (χ1n) is 6.11. The first-order valence-corrected chi connectivity index (χ1v) is 8.02. The predicted octanol–water partition coefficient (Wildman–Crippen LogP) is 3.51. The summed E-state index contributed by atoms with van der Waals surface area (Å²) in [5.74, 6) is 2.37. The minimum atomic E-state index is -0.608. The zero-order chi connectivity index (χ0) is 13.0. The van der Waals surface area contributed by atoms with Gasteiger partial charge in [-0.05, 0) is 36.8 Å². The minimum absolute atomic E-state index is 0.497. The molecule has 1 aromatic rings. The Hall–Kier alpha value is 0.0700. The number of hydrogen-bond acceptors (Lipinski definition) is 3. The van der Waals surface area contributed by atoms with Crippen LogP contribution in [-0.4, -0.2) is 29.2 Å². The molecule has 0 spiro atoms. The fourth-order valence-electron chi connectivity index (χ4n) is 2.06. The second-order valence-electron chi connectivity index (χ2n) is 4.50. The Labute approximate surface area is 122 Å². The molecule has 1 aromatic carbocycles. The number of halogens is 2. The van der Waals surface area contributed by atoms with Gasteiger partial charge in [0.2, 0.25) is 0 Å². The summed E-state index contributed by atoms with van der Waals surface area (Å²) in [6.45, 7) is 0.519. The van der Waals surface area contributed by atoms with Crippen LogP contribution in [0, 0.1) is 0 Å². The molecule has 5 heteroatoms. The Morgan fingerprint density at radius 3 is 3.00 bits per heavy atom. The van der Waals surface area contributed by atoms with E-state index in [1.54, 1.807) is 18.2 Å². The van der Waals surface area contributed by atoms with Gasteiger partial charge in [-0.25, -0.2) is 0 Å². The summed E-state index contributed by atoms with van der Waals surface area (Å²) in [5, 5.41) is 14.7. The molecule has 1 aliphatic rings. The Balaban J connectivity index is 1.90. The molecular weight excluding hydrogens is 289 g/mol. The fourth-order valence-corrected chi connectivity index (χ4v) is 3.59. The van der Waals surface area contributed by atoms with Gasteiger partial charge in [-0.3, -0.25) is 0 Å². The lowest BCUT2D eigenvalue weighted by atomic mass is 10.1. The zero-order valence-electron chi connectivity index (χ0n) is 10.0. The normalized spacial score (nSPS) is 21.8. The molecule has 2 atom stereocenters. The number of thioether (sulfide) groups is 1. The maximum atomic E-state index is 10.1. The van der Waals surface area contributed by atoms with E-state index in [9.17, 15) is 5.11 Å². The van der Waals surface area contributed by atoms with E-state index in [4.69, 9.17) is 23.2 Å². The average Bonchev–Trinajstić information content (AvgIpc) is 2.40. The van der Waals surface area contributed by atoms with Crippen molar-refractivity contribution >= 4 is 35.0 Å². The Bertz CT molecular complexity index is 397. The van der Waals surface area contributed by atoms with Crippen LogP contribution in [0.2, 0.25) is 10.0 Å². The molecule has 1 fully saturated rings. The van der Waals surface area contributed by atoms with Gasteiger partial charge in [0.15, 0.2) is 0 Å². The zero-order valence-corrected chi connectivity index (χ0v) is 12.4. The lowest BCUT2D eigenvalue weighted by Gasteiger charge is -2.24. The standard InChI is InChI=1S/C13H17Cl2NOS/c14-9-3-4-12(15)11(6-9)13(17)7-16-10-2-1-5-18-8-10/h3-4,6,10,13,16-17H,1-2,5,7-8H2. The summed E-state index contributed by atoms with van der Waals surface area (Å²) in [5.41, 5.74) is 0.695. The van der Waals surface area contributed by atoms with E-state index in [1.165, 1.54) is 18.6 Å². The summed E-state index contributed by atoms with van der Waals surface area (Å²) in [6.07, 6.45) is 1.82. The first-order chi connectivity index (χ1) is 8.66. The average molecular weight is 306 g/mol. The molecule has 1 aliphatic heterocycles. The van der Waals surface area contributed by atoms with Gasteiger partial charge in [0, 0.05) is 33.9 Å². The van der Waals surface area contributed by atoms with Crippen LogP contribution < -0.4 is 5.32 Å². The van der Waals surface area contributed by atoms with Crippen molar-refractivity contribution in [1.29, 1.82) is 0 Å². The third kappa shape index (κ3) is 4.04. The molecule has 18 heavy (non-hydrogen) atoms. The molecule has 1 heterocycles. The maximum Gasteiger partial charge on any atom is 0.0929 e. The van der Waals surface area contributed by atoms with E-state index in [0.29, 0.717) is 28.2 Å². The molecule has 0 bridgehead atoms. The highest BCUT2D eigenvalue weighted by molar-refractivity contribution is 7.99. The van der Waals surface area contributed by atoms with Crippen LogP contribution in [0.1, 0.15) is 24.5 Å². The van der Waals surface area contributed by atoms with Gasteiger partial charge in [-0.1, -0.05) is 23.2 Å². The van der Waals surface area contributed by atoms with Gasteiger partial charge >= 0.3 is 0 Å². The van der Waals surface area contributed by atoms with Gasteiger partial charge in [-0.15, -0.1) is 0 Å². The fraction of sp³-hybridized carbons (Fsp3) is 0.538. The van der Waals surface area contributed by atoms with Crippen LogP contribution in [0.3, 0.4) is 0 Å². The molecule has 100 valence electrons. The van der Waals surface area contributed by atoms with Gasteiger partial charge in [-0.2, -0.15) is 11.8 Å². The minimum Gasteiger partial charge on any atom is -0.387 e. The second-order valence-corrected chi connectivity index (χ2v) is 6.50. The van der Waals surface area contributed by atoms with Crippen molar-refractivity contribution in [3.63, 3.8) is 0 Å². The number of rotatable bonds is 4. The molecule has 0 aliphatic carbocycles. The van der Waals surface area contributed by atoms with E-state index in [1.807, 2.05) is 11.8 Å². The predicted molar refractivity (Wildman–Crippen MR) is 79.8 cm³/mol. The van der Waals surface area contributed by atoms with Crippen LogP contribution in [-0.2, 0) is 0 Å². The number of aliphatic hydroxyl groups is 1. The SMILES string of the molecule is OC(CNC1CCCSC1)c1cc(Cl)ccc1Cl. The van der Waals surface area contributed by atoms with Crippen molar-refractivity contribution in [2.75, 3.05) is 18.1 Å². The first kappa shape index (κ1) is 14.5. The van der Waals surface area contributed by atoms with Crippen molar-refractivity contribution in [2.24, 2.45) is 0 Å². The molecule has 2 N–H and O–H groups in total. The summed E-state index contributed by atoms with van der Waals surface area (Å²) in [4.78, 5) is 0. The Kier molecular flexibility index (Phi) is 5.64. The molecule has 2 rings (SSSR count). The van der Waals surface area contributed by atoms with Crippen LogP contribution in [0.25, 0.3) is 0 Å². The highest BCUT2D eigenvalue weighted by Gasteiger charge is 2.17. The topological polar surface area (TPSA) is 32.3 Å². The van der Waals surface area contributed by atoms with Crippen molar-refractivity contribution in [3.05, 3.63) is 33.8 Å². The maximum absolute atomic E-state index is 10.1. The highest BCUT2D eigenvalue weighted by Crippen LogP contribution is 2.26. The van der Waals surface area contributed by atoms with Crippen LogP contribution in [0.15, 0.2) is 18.2 Å². The lowest BCUT2D eigenvalue weighted by molar-refractivity contribution is 0.170. The number of nitrogens with one attached hydrogen (secondary N) is 1. The third-order valence-corrected chi connectivity index (χ3v) is 4.87. The molecule has 1 saturated heterocycles. The second kappa shape index (κ2) is 7.01. The van der Waals surface area contributed by atoms with Gasteiger partial charge < -0.3 is 10.4 Å². The summed E-state index contributed by atoms with van der Waals surface area (Å²) < 4.78 is 0. The Morgan fingerprint density at radius 1 is 1.44 bits per heavy atom. The van der Waals surface area contributed by atoms with E-state index in [-0.39, 0.29) is 0 Å². The highest BCUT2D eigenvalue weighted by atomic mass is 35.5. The number of hydrogen-bond donors (Lipinski definition) is 2. The smallest absolute Gasteiger partial charge is 0.0929 e. The molecule has 0 saturated carbocycles. The Morgan fingerprint density at radius 2 is 2.28 bits per heavy atom. The van der Waals surface area contributed by atoms with Crippen molar-refractivity contribution in [2.45, 2.75) is 25.0 Å². The monoisotopic (exact) mass is 305 g/mol. The lowest BCUT2D eigenvalue weighted by Crippen LogP contribution is -2.36. The van der Waals surface area contributed by atoms with Crippen molar-refractivity contribution < 1.29 is 5.11 Å². The quantitative estimate of drug-likeness (QED) is 0.893. The van der Waals surface area contributed by atoms with E-state index < -0.39 is 6.10 Å². The van der Waals surface area contributed by atoms with E-state index in [0.717, 1.165) is 5.75 Å². The van der Waals surface area contributed by atoms with Gasteiger partial charge in [0.1, 0.15) is 0 Å². The van der Waals surface area contributed by atoms with Crippen LogP contribution in [0.4, 0.5) is 0 Å². The number of benzene rings is 1. The molecule has 2 nitrogen and oxygen atoms in total. The molecule has 0 aromatic heterocycles. The van der Waals surface area contributed by atoms with Crippen molar-refractivity contribution in [3.8, 4) is 0 Å². The molecular formula is C13H17Cl2NOS. The van der Waals surface area contributed by atoms with Crippen molar-refractivity contribution in [1.82, 2.24) is 5.32 Å². The molecule has 0 amide bonds. The van der Waals surface area contributed by atoms with E-state index >= 15 is 0 Å². The number of aliphatic hydroxyl groups excluding tert-OH is 1. The molecule has 2 unspecified atom stereocenters. The van der Waals surface area contributed by atoms with Crippen LogP contribution in [0.5, 0.6) is 0 Å². The molecule has 0 radical (unpaired) electrons.